The molecule has 0 bridgehead atoms. The Hall–Kier alpha value is -0.760. The molecule has 1 fully saturated rings. The summed E-state index contributed by atoms with van der Waals surface area (Å²) >= 11 is 1.67. The van der Waals surface area contributed by atoms with Gasteiger partial charge in [0.2, 0.25) is 0 Å². The van der Waals surface area contributed by atoms with Gasteiger partial charge >= 0.3 is 0 Å². The van der Waals surface area contributed by atoms with E-state index in [1.54, 1.807) is 11.8 Å². The third-order valence-electron chi connectivity index (χ3n) is 4.34. The number of carbonyl (C=O) groups is 1. The summed E-state index contributed by atoms with van der Waals surface area (Å²) in [6.07, 6.45) is 5.35. The number of benzene rings is 1. The standard InChI is InChI=1S/C16H22OS/c1-11-8-9-13(10-12(11)2)16(17)14-6-4-5-7-15(14)18-3/h4-7,11-13H,8-10H2,1-3H3. The number of thioether (sulfide) groups is 1. The van der Waals surface area contributed by atoms with E-state index in [0.29, 0.717) is 11.7 Å². The summed E-state index contributed by atoms with van der Waals surface area (Å²) < 4.78 is 0. The van der Waals surface area contributed by atoms with Crippen LogP contribution in [0.2, 0.25) is 0 Å². The normalized spacial score (nSPS) is 28.1. The number of rotatable bonds is 3. The fourth-order valence-corrected chi connectivity index (χ4v) is 3.46. The fourth-order valence-electron chi connectivity index (χ4n) is 2.85. The van der Waals surface area contributed by atoms with Crippen LogP contribution in [0.3, 0.4) is 0 Å². The molecule has 18 heavy (non-hydrogen) atoms. The highest BCUT2D eigenvalue weighted by molar-refractivity contribution is 7.98. The number of carbonyl (C=O) groups excluding carboxylic acids is 1. The third-order valence-corrected chi connectivity index (χ3v) is 5.14. The molecule has 2 heteroatoms. The molecule has 3 unspecified atom stereocenters. The second-order valence-corrected chi connectivity index (χ2v) is 6.38. The van der Waals surface area contributed by atoms with Crippen molar-refractivity contribution in [1.29, 1.82) is 0 Å². The molecule has 0 aromatic heterocycles. The van der Waals surface area contributed by atoms with E-state index in [-0.39, 0.29) is 5.92 Å². The summed E-state index contributed by atoms with van der Waals surface area (Å²) in [5.41, 5.74) is 0.928. The molecule has 0 radical (unpaired) electrons. The monoisotopic (exact) mass is 262 g/mol. The van der Waals surface area contributed by atoms with Crippen LogP contribution in [0.5, 0.6) is 0 Å². The molecule has 1 aliphatic carbocycles. The Morgan fingerprint density at radius 3 is 2.56 bits per heavy atom. The minimum Gasteiger partial charge on any atom is -0.294 e. The average molecular weight is 262 g/mol. The first-order chi connectivity index (χ1) is 8.63. The van der Waals surface area contributed by atoms with Gasteiger partial charge in [-0.15, -0.1) is 11.8 Å². The Morgan fingerprint density at radius 1 is 1.17 bits per heavy atom. The van der Waals surface area contributed by atoms with Gasteiger partial charge in [-0.1, -0.05) is 32.0 Å². The predicted molar refractivity (Wildman–Crippen MR) is 78.2 cm³/mol. The first kappa shape index (κ1) is 13.7. The van der Waals surface area contributed by atoms with Crippen molar-refractivity contribution in [3.8, 4) is 0 Å². The van der Waals surface area contributed by atoms with Crippen molar-refractivity contribution in [2.75, 3.05) is 6.26 Å². The summed E-state index contributed by atoms with van der Waals surface area (Å²) in [4.78, 5) is 13.7. The van der Waals surface area contributed by atoms with Crippen molar-refractivity contribution in [3.05, 3.63) is 29.8 Å². The highest BCUT2D eigenvalue weighted by Crippen LogP contribution is 2.36. The zero-order chi connectivity index (χ0) is 13.1. The molecular weight excluding hydrogens is 240 g/mol. The Morgan fingerprint density at radius 2 is 1.89 bits per heavy atom. The Bertz CT molecular complexity index is 427. The van der Waals surface area contributed by atoms with Crippen molar-refractivity contribution in [3.63, 3.8) is 0 Å². The van der Waals surface area contributed by atoms with Gasteiger partial charge in [0.25, 0.3) is 0 Å². The van der Waals surface area contributed by atoms with Crippen molar-refractivity contribution in [2.24, 2.45) is 17.8 Å². The summed E-state index contributed by atoms with van der Waals surface area (Å²) in [7, 11) is 0. The van der Waals surface area contributed by atoms with E-state index in [0.717, 1.165) is 29.2 Å². The van der Waals surface area contributed by atoms with Crippen molar-refractivity contribution in [1.82, 2.24) is 0 Å². The van der Waals surface area contributed by atoms with Crippen LogP contribution < -0.4 is 0 Å². The minimum atomic E-state index is 0.240. The molecule has 1 saturated carbocycles. The van der Waals surface area contributed by atoms with Crippen molar-refractivity contribution in [2.45, 2.75) is 38.0 Å². The highest BCUT2D eigenvalue weighted by atomic mass is 32.2. The van der Waals surface area contributed by atoms with Crippen LogP contribution in [-0.4, -0.2) is 12.0 Å². The van der Waals surface area contributed by atoms with E-state index in [1.807, 2.05) is 30.5 Å². The molecule has 98 valence electrons. The second kappa shape index (κ2) is 5.92. The lowest BCUT2D eigenvalue weighted by atomic mass is 9.73. The lowest BCUT2D eigenvalue weighted by Crippen LogP contribution is -2.26. The molecule has 2 rings (SSSR count). The number of ketones is 1. The van der Waals surface area contributed by atoms with E-state index in [9.17, 15) is 4.79 Å². The van der Waals surface area contributed by atoms with Gasteiger partial charge in [0, 0.05) is 16.4 Å². The average Bonchev–Trinajstić information content (AvgIpc) is 2.41. The number of hydrogen-bond acceptors (Lipinski definition) is 2. The first-order valence-electron chi connectivity index (χ1n) is 6.80. The Kier molecular flexibility index (Phi) is 4.50. The molecule has 0 N–H and O–H groups in total. The van der Waals surface area contributed by atoms with E-state index in [4.69, 9.17) is 0 Å². The molecule has 3 atom stereocenters. The van der Waals surface area contributed by atoms with Crippen molar-refractivity contribution >= 4 is 17.5 Å². The van der Waals surface area contributed by atoms with Gasteiger partial charge in [-0.2, -0.15) is 0 Å². The van der Waals surface area contributed by atoms with Gasteiger partial charge in [0.05, 0.1) is 0 Å². The van der Waals surface area contributed by atoms with Gasteiger partial charge in [-0.05, 0) is 43.4 Å². The smallest absolute Gasteiger partial charge is 0.167 e. The molecular formula is C16H22OS. The van der Waals surface area contributed by atoms with Crippen LogP contribution >= 0.6 is 11.8 Å². The third kappa shape index (κ3) is 2.80. The predicted octanol–water partition coefficient (Wildman–Crippen LogP) is 4.66. The van der Waals surface area contributed by atoms with Crippen LogP contribution in [0.25, 0.3) is 0 Å². The van der Waals surface area contributed by atoms with Crippen LogP contribution in [0.1, 0.15) is 43.5 Å². The fraction of sp³-hybridized carbons (Fsp3) is 0.562. The Balaban J connectivity index is 2.16. The summed E-state index contributed by atoms with van der Waals surface area (Å²) in [6, 6.07) is 8.01. The first-order valence-corrected chi connectivity index (χ1v) is 8.03. The summed E-state index contributed by atoms with van der Waals surface area (Å²) in [6.45, 7) is 4.59. The summed E-state index contributed by atoms with van der Waals surface area (Å²) in [5, 5.41) is 0. The van der Waals surface area contributed by atoms with Crippen LogP contribution in [0.4, 0.5) is 0 Å². The molecule has 1 nitrogen and oxygen atoms in total. The van der Waals surface area contributed by atoms with Gasteiger partial charge < -0.3 is 0 Å². The van der Waals surface area contributed by atoms with E-state index >= 15 is 0 Å². The largest absolute Gasteiger partial charge is 0.294 e. The summed E-state index contributed by atoms with van der Waals surface area (Å²) in [5.74, 6) is 2.04. The molecule has 0 spiro atoms. The topological polar surface area (TPSA) is 17.1 Å². The molecule has 1 aromatic carbocycles. The Labute approximate surface area is 114 Å². The quantitative estimate of drug-likeness (QED) is 0.582. The van der Waals surface area contributed by atoms with E-state index in [2.05, 4.69) is 13.8 Å². The molecule has 0 aliphatic heterocycles. The lowest BCUT2D eigenvalue weighted by Gasteiger charge is -2.31. The maximum Gasteiger partial charge on any atom is 0.167 e. The molecule has 1 aromatic rings. The lowest BCUT2D eigenvalue weighted by molar-refractivity contribution is 0.0834. The van der Waals surface area contributed by atoms with Gasteiger partial charge in [0.15, 0.2) is 5.78 Å². The second-order valence-electron chi connectivity index (χ2n) is 5.53. The molecule has 0 heterocycles. The number of hydrogen-bond donors (Lipinski definition) is 0. The molecule has 0 saturated heterocycles. The number of Topliss-reactive ketones (excluding diaryl/α,β-unsaturated/α-hetero) is 1. The van der Waals surface area contributed by atoms with Crippen LogP contribution in [0.15, 0.2) is 29.2 Å². The van der Waals surface area contributed by atoms with Gasteiger partial charge in [0.1, 0.15) is 0 Å². The maximum atomic E-state index is 12.6. The van der Waals surface area contributed by atoms with E-state index < -0.39 is 0 Å². The molecule has 0 amide bonds. The van der Waals surface area contributed by atoms with Gasteiger partial charge in [-0.3, -0.25) is 4.79 Å². The van der Waals surface area contributed by atoms with Gasteiger partial charge in [-0.25, -0.2) is 0 Å². The van der Waals surface area contributed by atoms with Crippen molar-refractivity contribution < 1.29 is 4.79 Å². The van der Waals surface area contributed by atoms with Crippen LogP contribution in [0, 0.1) is 17.8 Å². The minimum absolute atomic E-state index is 0.240. The molecule has 1 aliphatic rings. The SMILES string of the molecule is CSc1ccccc1C(=O)C1CCC(C)C(C)C1. The highest BCUT2D eigenvalue weighted by Gasteiger charge is 2.30. The maximum absolute atomic E-state index is 12.6. The zero-order valence-electron chi connectivity index (χ0n) is 11.5. The van der Waals surface area contributed by atoms with E-state index in [1.165, 1.54) is 6.42 Å². The van der Waals surface area contributed by atoms with Crippen LogP contribution in [-0.2, 0) is 0 Å². The zero-order valence-corrected chi connectivity index (χ0v) is 12.3.